The van der Waals surface area contributed by atoms with Gasteiger partial charge in [-0.2, -0.15) is 0 Å². The maximum Gasteiger partial charge on any atom is 0.306 e. The molecule has 1 saturated heterocycles. The monoisotopic (exact) mass is 358 g/mol. The molecule has 0 bridgehead atoms. The Hall–Kier alpha value is -1.88. The van der Waals surface area contributed by atoms with Crippen molar-refractivity contribution in [2.45, 2.75) is 51.4 Å². The van der Waals surface area contributed by atoms with Crippen LogP contribution in [-0.4, -0.2) is 30.1 Å². The first-order valence-electron chi connectivity index (χ1n) is 9.95. The second kappa shape index (κ2) is 9.17. The average Bonchev–Trinajstić information content (AvgIpc) is 2.68. The quantitative estimate of drug-likeness (QED) is 0.728. The molecule has 0 atom stereocenters. The number of piperidine rings is 1. The molecular formula is C21H30N2O3. The number of hydrogen-bond acceptors (Lipinski definition) is 3. The molecule has 1 heterocycles. The normalized spacial score (nSPS) is 24.2. The molecule has 2 aliphatic rings. The van der Waals surface area contributed by atoms with Gasteiger partial charge in [0.2, 0.25) is 5.91 Å². The highest BCUT2D eigenvalue weighted by Gasteiger charge is 2.29. The molecule has 5 heteroatoms. The Kier molecular flexibility index (Phi) is 6.67. The van der Waals surface area contributed by atoms with E-state index in [1.807, 2.05) is 12.1 Å². The van der Waals surface area contributed by atoms with Gasteiger partial charge in [-0.3, -0.25) is 9.59 Å². The summed E-state index contributed by atoms with van der Waals surface area (Å²) >= 11 is 0. The second-order valence-electron chi connectivity index (χ2n) is 7.81. The molecule has 0 aromatic heterocycles. The van der Waals surface area contributed by atoms with Gasteiger partial charge in [0, 0.05) is 11.6 Å². The van der Waals surface area contributed by atoms with Crippen molar-refractivity contribution in [2.75, 3.05) is 18.4 Å². The van der Waals surface area contributed by atoms with Crippen molar-refractivity contribution in [1.29, 1.82) is 0 Å². The molecule has 5 nitrogen and oxygen atoms in total. The number of amides is 1. The van der Waals surface area contributed by atoms with E-state index in [0.29, 0.717) is 25.7 Å². The highest BCUT2D eigenvalue weighted by atomic mass is 16.4. The smallest absolute Gasteiger partial charge is 0.306 e. The first-order valence-corrected chi connectivity index (χ1v) is 9.95. The molecule has 1 aliphatic heterocycles. The molecule has 2 fully saturated rings. The van der Waals surface area contributed by atoms with Crippen LogP contribution in [0.4, 0.5) is 5.69 Å². The third-order valence-corrected chi connectivity index (χ3v) is 5.97. The zero-order valence-corrected chi connectivity index (χ0v) is 15.4. The Morgan fingerprint density at radius 1 is 0.962 bits per heavy atom. The number of carboxylic acids is 1. The lowest BCUT2D eigenvalue weighted by Crippen LogP contribution is -2.29. The molecule has 1 saturated carbocycles. The zero-order valence-electron chi connectivity index (χ0n) is 15.4. The summed E-state index contributed by atoms with van der Waals surface area (Å²) in [6.07, 6.45) is 7.41. The predicted octanol–water partition coefficient (Wildman–Crippen LogP) is 3.45. The number of hydrogen-bond donors (Lipinski definition) is 3. The molecule has 0 spiro atoms. The van der Waals surface area contributed by atoms with Gasteiger partial charge in [0.15, 0.2) is 0 Å². The van der Waals surface area contributed by atoms with E-state index >= 15 is 0 Å². The molecule has 1 aromatic carbocycles. The third kappa shape index (κ3) is 5.31. The van der Waals surface area contributed by atoms with E-state index in [4.69, 9.17) is 5.11 Å². The van der Waals surface area contributed by atoms with E-state index < -0.39 is 5.97 Å². The number of benzene rings is 1. The summed E-state index contributed by atoms with van der Waals surface area (Å²) in [6, 6.07) is 8.19. The Labute approximate surface area is 155 Å². The number of carbonyl (C=O) groups is 2. The summed E-state index contributed by atoms with van der Waals surface area (Å²) in [4.78, 5) is 23.4. The van der Waals surface area contributed by atoms with Crippen LogP contribution >= 0.6 is 0 Å². The molecule has 1 aliphatic carbocycles. The maximum atomic E-state index is 12.4. The molecule has 142 valence electrons. The van der Waals surface area contributed by atoms with Gasteiger partial charge in [-0.1, -0.05) is 12.1 Å². The van der Waals surface area contributed by atoms with Crippen LogP contribution in [-0.2, 0) is 16.0 Å². The van der Waals surface area contributed by atoms with E-state index in [0.717, 1.165) is 31.1 Å². The van der Waals surface area contributed by atoms with Crippen molar-refractivity contribution in [1.82, 2.24) is 5.32 Å². The first-order chi connectivity index (χ1) is 12.6. The van der Waals surface area contributed by atoms with E-state index in [1.165, 1.54) is 24.8 Å². The zero-order chi connectivity index (χ0) is 18.4. The number of aryl methyl sites for hydroxylation is 1. The summed E-state index contributed by atoms with van der Waals surface area (Å²) in [5.41, 5.74) is 2.16. The molecular weight excluding hydrogens is 328 g/mol. The van der Waals surface area contributed by atoms with Crippen LogP contribution in [0.3, 0.4) is 0 Å². The topological polar surface area (TPSA) is 78.4 Å². The molecule has 0 radical (unpaired) electrons. The highest BCUT2D eigenvalue weighted by Crippen LogP contribution is 2.30. The van der Waals surface area contributed by atoms with E-state index in [-0.39, 0.29) is 17.7 Å². The first kappa shape index (κ1) is 18.9. The fourth-order valence-corrected chi connectivity index (χ4v) is 4.14. The van der Waals surface area contributed by atoms with Gasteiger partial charge in [0.05, 0.1) is 5.92 Å². The van der Waals surface area contributed by atoms with Gasteiger partial charge in [0.25, 0.3) is 0 Å². The van der Waals surface area contributed by atoms with Gasteiger partial charge in [-0.25, -0.2) is 0 Å². The summed E-state index contributed by atoms with van der Waals surface area (Å²) < 4.78 is 0. The molecule has 1 amide bonds. The number of carboxylic acid groups (broad SMARTS) is 1. The maximum absolute atomic E-state index is 12.4. The van der Waals surface area contributed by atoms with E-state index in [9.17, 15) is 9.59 Å². The fraction of sp³-hybridized carbons (Fsp3) is 0.619. The van der Waals surface area contributed by atoms with Crippen molar-refractivity contribution in [2.24, 2.45) is 17.8 Å². The average molecular weight is 358 g/mol. The van der Waals surface area contributed by atoms with Crippen LogP contribution in [0.15, 0.2) is 24.3 Å². The van der Waals surface area contributed by atoms with Gasteiger partial charge in [-0.05, 0) is 88.1 Å². The lowest BCUT2D eigenvalue weighted by atomic mass is 9.81. The number of carbonyl (C=O) groups excluding carboxylic acids is 1. The van der Waals surface area contributed by atoms with Crippen LogP contribution in [0.5, 0.6) is 0 Å². The third-order valence-electron chi connectivity index (χ3n) is 5.97. The molecule has 1 aromatic rings. The minimum absolute atomic E-state index is 0.0243. The fourth-order valence-electron chi connectivity index (χ4n) is 4.14. The lowest BCUT2D eigenvalue weighted by Gasteiger charge is -2.25. The minimum atomic E-state index is -0.732. The standard InChI is InChI=1S/C21H30N2O3/c24-20(17-5-7-18(8-6-17)21(25)26)23-19-9-3-15(4-10-19)1-2-16-11-13-22-14-12-16/h3-4,9-10,16-18,22H,1-2,5-8,11-14H2,(H,23,24)(H,25,26). The van der Waals surface area contributed by atoms with Crippen molar-refractivity contribution in [3.05, 3.63) is 29.8 Å². The van der Waals surface area contributed by atoms with Crippen molar-refractivity contribution >= 4 is 17.6 Å². The Bertz CT molecular complexity index is 600. The molecule has 3 rings (SSSR count). The number of nitrogens with one attached hydrogen (secondary N) is 2. The Morgan fingerprint density at radius 2 is 1.58 bits per heavy atom. The number of anilines is 1. The van der Waals surface area contributed by atoms with Crippen molar-refractivity contribution in [3.8, 4) is 0 Å². The summed E-state index contributed by atoms with van der Waals surface area (Å²) in [5, 5.41) is 15.4. The second-order valence-corrected chi connectivity index (χ2v) is 7.81. The van der Waals surface area contributed by atoms with Crippen LogP contribution in [0.25, 0.3) is 0 Å². The Balaban J connectivity index is 1.43. The van der Waals surface area contributed by atoms with Gasteiger partial charge < -0.3 is 15.7 Å². The van der Waals surface area contributed by atoms with Crippen LogP contribution in [0.2, 0.25) is 0 Å². The van der Waals surface area contributed by atoms with E-state index in [2.05, 4.69) is 22.8 Å². The lowest BCUT2D eigenvalue weighted by molar-refractivity contribution is -0.143. The van der Waals surface area contributed by atoms with Crippen LogP contribution < -0.4 is 10.6 Å². The molecule has 26 heavy (non-hydrogen) atoms. The molecule has 0 unspecified atom stereocenters. The van der Waals surface area contributed by atoms with Gasteiger partial charge >= 0.3 is 5.97 Å². The Morgan fingerprint density at radius 3 is 2.19 bits per heavy atom. The highest BCUT2D eigenvalue weighted by molar-refractivity contribution is 5.92. The predicted molar refractivity (Wildman–Crippen MR) is 102 cm³/mol. The minimum Gasteiger partial charge on any atom is -0.481 e. The van der Waals surface area contributed by atoms with Crippen LogP contribution in [0, 0.1) is 17.8 Å². The van der Waals surface area contributed by atoms with E-state index in [1.54, 1.807) is 0 Å². The van der Waals surface area contributed by atoms with Gasteiger partial charge in [0.1, 0.15) is 0 Å². The summed E-state index contributed by atoms with van der Waals surface area (Å²) in [5.74, 6) is -0.222. The van der Waals surface area contributed by atoms with Crippen molar-refractivity contribution < 1.29 is 14.7 Å². The summed E-state index contributed by atoms with van der Waals surface area (Å²) in [6.45, 7) is 2.29. The van der Waals surface area contributed by atoms with Crippen molar-refractivity contribution in [3.63, 3.8) is 0 Å². The molecule has 3 N–H and O–H groups in total. The number of rotatable bonds is 6. The largest absolute Gasteiger partial charge is 0.481 e. The SMILES string of the molecule is O=C(O)C1CCC(C(=O)Nc2ccc(CCC3CCNCC3)cc2)CC1. The summed E-state index contributed by atoms with van der Waals surface area (Å²) in [7, 11) is 0. The van der Waals surface area contributed by atoms with Gasteiger partial charge in [-0.15, -0.1) is 0 Å². The number of aliphatic carboxylic acids is 1. The van der Waals surface area contributed by atoms with Crippen LogP contribution in [0.1, 0.15) is 50.5 Å².